The van der Waals surface area contributed by atoms with Crippen molar-refractivity contribution in [1.29, 1.82) is 0 Å². The highest BCUT2D eigenvalue weighted by atomic mass is 16.7. The van der Waals surface area contributed by atoms with Crippen LogP contribution in [0.3, 0.4) is 0 Å². The van der Waals surface area contributed by atoms with E-state index in [1.807, 2.05) is 30.3 Å². The molecule has 2 unspecified atom stereocenters. The monoisotopic (exact) mass is 473 g/mol. The minimum Gasteiger partial charge on any atom is -0.493 e. The van der Waals surface area contributed by atoms with Crippen LogP contribution in [0.5, 0.6) is 11.5 Å². The third-order valence-corrected chi connectivity index (χ3v) is 6.36. The molecule has 1 aliphatic carbocycles. The van der Waals surface area contributed by atoms with Gasteiger partial charge in [0.25, 0.3) is 0 Å². The number of carbonyl (C=O) groups is 2. The Morgan fingerprint density at radius 2 is 1.69 bits per heavy atom. The van der Waals surface area contributed by atoms with Crippen LogP contribution in [0.4, 0.5) is 0 Å². The predicted octanol–water partition coefficient (Wildman–Crippen LogP) is 3.42. The van der Waals surface area contributed by atoms with Crippen molar-refractivity contribution in [2.75, 3.05) is 21.3 Å². The predicted molar refractivity (Wildman–Crippen MR) is 125 cm³/mol. The van der Waals surface area contributed by atoms with Gasteiger partial charge in [0.05, 0.1) is 26.9 Å². The van der Waals surface area contributed by atoms with Gasteiger partial charge in [-0.2, -0.15) is 0 Å². The average Bonchev–Trinajstić information content (AvgIpc) is 3.64. The molecule has 0 N–H and O–H groups in total. The zero-order valence-corrected chi connectivity index (χ0v) is 19.4. The summed E-state index contributed by atoms with van der Waals surface area (Å²) in [7, 11) is 4.04. The number of methoxy groups -OCH3 is 3. The first-order chi connectivity index (χ1) is 17.0. The van der Waals surface area contributed by atoms with Crippen molar-refractivity contribution in [3.63, 3.8) is 0 Å². The maximum atomic E-state index is 13.2. The molecule has 3 aromatic rings. The maximum Gasteiger partial charge on any atom is 0.347 e. The number of ether oxygens (including phenoxy) is 5. The number of benzene rings is 2. The van der Waals surface area contributed by atoms with Crippen molar-refractivity contribution >= 4 is 18.0 Å². The first kappa shape index (κ1) is 22.6. The smallest absolute Gasteiger partial charge is 0.347 e. The highest BCUT2D eigenvalue weighted by molar-refractivity contribution is 6.09. The highest BCUT2D eigenvalue weighted by Crippen LogP contribution is 2.67. The second kappa shape index (κ2) is 8.56. The Morgan fingerprint density at radius 3 is 2.34 bits per heavy atom. The van der Waals surface area contributed by atoms with E-state index in [0.717, 1.165) is 5.56 Å². The van der Waals surface area contributed by atoms with Gasteiger partial charge in [-0.15, -0.1) is 0 Å². The molecule has 35 heavy (non-hydrogen) atoms. The first-order valence-corrected chi connectivity index (χ1v) is 10.9. The number of aromatic nitrogens is 1. The molecule has 0 amide bonds. The Kier molecular flexibility index (Phi) is 5.53. The SMILES string of the molecule is COC(=O)C1=Cc2cc(OCc3ccccc3)c(OC)cc2C2(c3ccncc3)OC12C(=O)OC. The van der Waals surface area contributed by atoms with Gasteiger partial charge in [-0.25, -0.2) is 9.59 Å². The maximum absolute atomic E-state index is 13.2. The van der Waals surface area contributed by atoms with Crippen molar-refractivity contribution in [3.05, 3.63) is 94.8 Å². The summed E-state index contributed by atoms with van der Waals surface area (Å²) < 4.78 is 28.1. The Bertz CT molecular complexity index is 1320. The number of hydrogen-bond donors (Lipinski definition) is 0. The lowest BCUT2D eigenvalue weighted by Crippen LogP contribution is -2.41. The van der Waals surface area contributed by atoms with Gasteiger partial charge in [0.15, 0.2) is 17.1 Å². The summed E-state index contributed by atoms with van der Waals surface area (Å²) in [4.78, 5) is 30.1. The summed E-state index contributed by atoms with van der Waals surface area (Å²) >= 11 is 0. The number of hydrogen-bond acceptors (Lipinski definition) is 8. The lowest BCUT2D eigenvalue weighted by molar-refractivity contribution is -0.148. The van der Waals surface area contributed by atoms with E-state index in [9.17, 15) is 9.59 Å². The van der Waals surface area contributed by atoms with Gasteiger partial charge in [-0.1, -0.05) is 30.3 Å². The molecule has 2 aromatic carbocycles. The van der Waals surface area contributed by atoms with Crippen molar-refractivity contribution in [1.82, 2.24) is 4.98 Å². The lowest BCUT2D eigenvalue weighted by atomic mass is 9.71. The number of rotatable bonds is 7. The molecule has 0 saturated carbocycles. The Morgan fingerprint density at radius 1 is 0.943 bits per heavy atom. The molecular formula is C27H23NO7. The number of carbonyl (C=O) groups excluding carboxylic acids is 2. The van der Waals surface area contributed by atoms with Crippen molar-refractivity contribution in [2.24, 2.45) is 0 Å². The lowest BCUT2D eigenvalue weighted by Gasteiger charge is -2.27. The van der Waals surface area contributed by atoms with Gasteiger partial charge in [-0.3, -0.25) is 4.98 Å². The van der Waals surface area contributed by atoms with Crippen LogP contribution in [-0.2, 0) is 36.0 Å². The Hall–Kier alpha value is -4.17. The summed E-state index contributed by atoms with van der Waals surface area (Å²) in [5.41, 5.74) is -0.123. The molecule has 8 heteroatoms. The number of epoxide rings is 1. The third-order valence-electron chi connectivity index (χ3n) is 6.36. The Balaban J connectivity index is 1.70. The number of fused-ring (bicyclic) bond motifs is 3. The van der Waals surface area contributed by atoms with Gasteiger partial charge in [0, 0.05) is 18.0 Å². The van der Waals surface area contributed by atoms with Crippen LogP contribution in [0.1, 0.15) is 22.3 Å². The molecule has 0 spiro atoms. The first-order valence-electron chi connectivity index (χ1n) is 10.9. The van der Waals surface area contributed by atoms with E-state index in [1.165, 1.54) is 21.3 Å². The average molecular weight is 473 g/mol. The van der Waals surface area contributed by atoms with Crippen LogP contribution >= 0.6 is 0 Å². The zero-order chi connectivity index (χ0) is 24.6. The minimum absolute atomic E-state index is 0.0374. The molecule has 1 aromatic heterocycles. The fraction of sp³-hybridized carbons (Fsp3) is 0.222. The number of pyridine rings is 1. The molecule has 0 radical (unpaired) electrons. The summed E-state index contributed by atoms with van der Waals surface area (Å²) in [5.74, 6) is -0.469. The molecule has 1 saturated heterocycles. The normalized spacial score (nSPS) is 21.6. The molecule has 2 heterocycles. The van der Waals surface area contributed by atoms with E-state index in [0.29, 0.717) is 34.8 Å². The van der Waals surface area contributed by atoms with Crippen LogP contribution in [-0.4, -0.2) is 43.9 Å². The van der Waals surface area contributed by atoms with Gasteiger partial charge in [0.2, 0.25) is 5.60 Å². The van der Waals surface area contributed by atoms with E-state index in [2.05, 4.69) is 4.98 Å². The highest BCUT2D eigenvalue weighted by Gasteiger charge is 2.82. The number of esters is 2. The summed E-state index contributed by atoms with van der Waals surface area (Å²) in [6.07, 6.45) is 4.77. The van der Waals surface area contributed by atoms with Gasteiger partial charge in [0.1, 0.15) is 6.61 Å². The molecule has 5 rings (SSSR count). The van der Waals surface area contributed by atoms with Crippen LogP contribution < -0.4 is 9.47 Å². The van der Waals surface area contributed by atoms with Crippen LogP contribution in [0, 0.1) is 0 Å². The molecule has 1 aliphatic heterocycles. The largest absolute Gasteiger partial charge is 0.493 e. The third kappa shape index (κ3) is 3.29. The van der Waals surface area contributed by atoms with Crippen molar-refractivity contribution < 1.29 is 33.3 Å². The Labute approximate surface area is 202 Å². The molecule has 8 nitrogen and oxygen atoms in total. The topological polar surface area (TPSA) is 96.5 Å². The van der Waals surface area contributed by atoms with Crippen molar-refractivity contribution in [2.45, 2.75) is 17.8 Å². The fourth-order valence-electron chi connectivity index (χ4n) is 4.71. The van der Waals surface area contributed by atoms with E-state index >= 15 is 0 Å². The quantitative estimate of drug-likeness (QED) is 0.380. The van der Waals surface area contributed by atoms with Gasteiger partial charge >= 0.3 is 11.9 Å². The second-order valence-corrected chi connectivity index (χ2v) is 8.11. The minimum atomic E-state index is -1.71. The fourth-order valence-corrected chi connectivity index (χ4v) is 4.71. The van der Waals surface area contributed by atoms with Crippen LogP contribution in [0.15, 0.2) is 72.6 Å². The number of nitrogens with zero attached hydrogens (tertiary/aromatic N) is 1. The molecule has 1 fully saturated rings. The molecule has 2 aliphatic rings. The van der Waals surface area contributed by atoms with E-state index in [4.69, 9.17) is 23.7 Å². The summed E-state index contributed by atoms with van der Waals surface area (Å²) in [6.45, 7) is 0.321. The van der Waals surface area contributed by atoms with E-state index in [-0.39, 0.29) is 5.57 Å². The van der Waals surface area contributed by atoms with Crippen LogP contribution in [0.2, 0.25) is 0 Å². The molecule has 0 bridgehead atoms. The van der Waals surface area contributed by atoms with E-state index in [1.54, 1.807) is 42.7 Å². The molecular weight excluding hydrogens is 450 g/mol. The second-order valence-electron chi connectivity index (χ2n) is 8.11. The molecule has 178 valence electrons. The van der Waals surface area contributed by atoms with Crippen molar-refractivity contribution in [3.8, 4) is 11.5 Å². The zero-order valence-electron chi connectivity index (χ0n) is 19.4. The summed E-state index contributed by atoms with van der Waals surface area (Å²) in [6, 6.07) is 16.7. The van der Waals surface area contributed by atoms with Gasteiger partial charge in [-0.05, 0) is 47.0 Å². The van der Waals surface area contributed by atoms with E-state index < -0.39 is 23.1 Å². The van der Waals surface area contributed by atoms with Gasteiger partial charge < -0.3 is 23.7 Å². The molecule has 2 atom stereocenters. The summed E-state index contributed by atoms with van der Waals surface area (Å²) in [5, 5.41) is 0. The van der Waals surface area contributed by atoms with Crippen LogP contribution in [0.25, 0.3) is 6.08 Å². The standard InChI is InChI=1S/C27H23NO7/c1-31-22-15-20-18(14-23(22)34-16-17-7-5-4-6-8-17)13-21(24(29)32-2)27(25(30)33-3)26(20,35-27)19-9-11-28-12-10-19/h4-15H,16H2,1-3H3.